The first-order valence-corrected chi connectivity index (χ1v) is 9.50. The normalized spacial score (nSPS) is 15.0. The molecule has 1 aliphatic rings. The van der Waals surface area contributed by atoms with Gasteiger partial charge in [-0.2, -0.15) is 13.2 Å². The van der Waals surface area contributed by atoms with E-state index in [4.69, 9.17) is 0 Å². The fourth-order valence-electron chi connectivity index (χ4n) is 3.39. The van der Waals surface area contributed by atoms with Crippen LogP contribution in [0.5, 0.6) is 0 Å². The second kappa shape index (κ2) is 9.15. The number of halogens is 4. The Morgan fingerprint density at radius 3 is 2.30 bits per heavy atom. The zero-order chi connectivity index (χ0) is 21.7. The smallest absolute Gasteiger partial charge is 0.339 e. The lowest BCUT2D eigenvalue weighted by atomic mass is 9.96. The van der Waals surface area contributed by atoms with Gasteiger partial charge in [0.1, 0.15) is 5.82 Å². The van der Waals surface area contributed by atoms with E-state index in [0.29, 0.717) is 25.9 Å². The standard InChI is InChI=1S/C21H21F4N3O2/c22-17-7-3-1-5-15(17)19(29)28-11-9-14(10-12-28)13-26-20(30)27-18-8-4-2-6-16(18)21(23,24)25/h1-8,14H,9-13H2,(H2,26,27,30). The van der Waals surface area contributed by atoms with Crippen LogP contribution < -0.4 is 10.6 Å². The van der Waals surface area contributed by atoms with Crippen LogP contribution in [0.2, 0.25) is 0 Å². The third kappa shape index (κ3) is 5.28. The van der Waals surface area contributed by atoms with Crippen molar-refractivity contribution in [1.29, 1.82) is 0 Å². The number of hydrogen-bond donors (Lipinski definition) is 2. The number of carbonyl (C=O) groups is 2. The van der Waals surface area contributed by atoms with E-state index in [-0.39, 0.29) is 29.6 Å². The van der Waals surface area contributed by atoms with Gasteiger partial charge in [0.05, 0.1) is 16.8 Å². The number of para-hydroxylation sites is 1. The van der Waals surface area contributed by atoms with Crippen molar-refractivity contribution >= 4 is 17.6 Å². The Kier molecular flexibility index (Phi) is 6.59. The number of alkyl halides is 3. The molecule has 0 radical (unpaired) electrons. The lowest BCUT2D eigenvalue weighted by molar-refractivity contribution is -0.136. The summed E-state index contributed by atoms with van der Waals surface area (Å²) in [6.45, 7) is 1.10. The van der Waals surface area contributed by atoms with Crippen molar-refractivity contribution in [3.05, 3.63) is 65.5 Å². The Labute approximate surface area is 171 Å². The molecule has 9 heteroatoms. The second-order valence-corrected chi connectivity index (χ2v) is 7.09. The van der Waals surface area contributed by atoms with Crippen molar-refractivity contribution < 1.29 is 27.2 Å². The molecule has 0 aliphatic carbocycles. The van der Waals surface area contributed by atoms with E-state index in [0.717, 1.165) is 6.07 Å². The zero-order valence-corrected chi connectivity index (χ0v) is 16.0. The molecular weight excluding hydrogens is 402 g/mol. The number of likely N-dealkylation sites (tertiary alicyclic amines) is 1. The molecule has 2 aromatic rings. The third-order valence-electron chi connectivity index (χ3n) is 5.04. The molecular formula is C21H21F4N3O2. The molecule has 1 saturated heterocycles. The molecule has 160 valence electrons. The molecule has 5 nitrogen and oxygen atoms in total. The topological polar surface area (TPSA) is 61.4 Å². The minimum absolute atomic E-state index is 0.0248. The maximum atomic E-state index is 13.8. The second-order valence-electron chi connectivity index (χ2n) is 7.09. The fourth-order valence-corrected chi connectivity index (χ4v) is 3.39. The van der Waals surface area contributed by atoms with Gasteiger partial charge in [0.2, 0.25) is 0 Å². The van der Waals surface area contributed by atoms with Crippen molar-refractivity contribution in [1.82, 2.24) is 10.2 Å². The van der Waals surface area contributed by atoms with Gasteiger partial charge in [-0.25, -0.2) is 9.18 Å². The molecule has 0 unspecified atom stereocenters. The SMILES string of the molecule is O=C(NCC1CCN(C(=O)c2ccccc2F)CC1)Nc1ccccc1C(F)(F)F. The minimum Gasteiger partial charge on any atom is -0.339 e. The van der Waals surface area contributed by atoms with Crippen LogP contribution in [0.3, 0.4) is 0 Å². The minimum atomic E-state index is -4.57. The number of hydrogen-bond acceptors (Lipinski definition) is 2. The summed E-state index contributed by atoms with van der Waals surface area (Å²) in [6, 6.07) is 9.82. The Morgan fingerprint density at radius 1 is 1.00 bits per heavy atom. The predicted octanol–water partition coefficient (Wildman–Crippen LogP) is 4.52. The maximum absolute atomic E-state index is 13.8. The van der Waals surface area contributed by atoms with E-state index in [1.54, 1.807) is 11.0 Å². The monoisotopic (exact) mass is 423 g/mol. The number of piperidine rings is 1. The Morgan fingerprint density at radius 2 is 1.63 bits per heavy atom. The van der Waals surface area contributed by atoms with E-state index >= 15 is 0 Å². The van der Waals surface area contributed by atoms with Crippen molar-refractivity contribution in [2.24, 2.45) is 5.92 Å². The van der Waals surface area contributed by atoms with Gasteiger partial charge in [0.25, 0.3) is 5.91 Å². The van der Waals surface area contributed by atoms with Crippen LogP contribution in [-0.2, 0) is 6.18 Å². The van der Waals surface area contributed by atoms with E-state index in [1.807, 2.05) is 0 Å². The molecule has 1 heterocycles. The number of amides is 3. The van der Waals surface area contributed by atoms with Crippen molar-refractivity contribution in [2.75, 3.05) is 25.0 Å². The van der Waals surface area contributed by atoms with Crippen LogP contribution in [0.15, 0.2) is 48.5 Å². The third-order valence-corrected chi connectivity index (χ3v) is 5.04. The first-order valence-electron chi connectivity index (χ1n) is 9.50. The number of benzene rings is 2. The quantitative estimate of drug-likeness (QED) is 0.711. The summed E-state index contributed by atoms with van der Waals surface area (Å²) < 4.78 is 52.8. The highest BCUT2D eigenvalue weighted by Gasteiger charge is 2.33. The van der Waals surface area contributed by atoms with Crippen molar-refractivity contribution in [3.63, 3.8) is 0 Å². The molecule has 3 rings (SSSR count). The molecule has 1 aliphatic heterocycles. The van der Waals surface area contributed by atoms with Gasteiger partial charge >= 0.3 is 12.2 Å². The number of urea groups is 1. The first kappa shape index (κ1) is 21.6. The van der Waals surface area contributed by atoms with Gasteiger partial charge in [-0.1, -0.05) is 24.3 Å². The summed E-state index contributed by atoms with van der Waals surface area (Å²) in [5, 5.41) is 4.82. The predicted molar refractivity (Wildman–Crippen MR) is 103 cm³/mol. The molecule has 30 heavy (non-hydrogen) atoms. The Balaban J connectivity index is 1.48. The number of nitrogens with zero attached hydrogens (tertiary/aromatic N) is 1. The summed E-state index contributed by atoms with van der Waals surface area (Å²) >= 11 is 0. The molecule has 2 aromatic carbocycles. The fraction of sp³-hybridized carbons (Fsp3) is 0.333. The van der Waals surface area contributed by atoms with Crippen LogP contribution in [0.1, 0.15) is 28.8 Å². The van der Waals surface area contributed by atoms with Crippen LogP contribution in [0, 0.1) is 11.7 Å². The van der Waals surface area contributed by atoms with Gasteiger partial charge in [-0.3, -0.25) is 4.79 Å². The zero-order valence-electron chi connectivity index (χ0n) is 16.0. The highest BCUT2D eigenvalue weighted by molar-refractivity contribution is 5.94. The van der Waals surface area contributed by atoms with Crippen LogP contribution in [-0.4, -0.2) is 36.5 Å². The van der Waals surface area contributed by atoms with Gasteiger partial charge in [-0.05, 0) is 43.0 Å². The number of nitrogens with one attached hydrogen (secondary N) is 2. The number of carbonyl (C=O) groups excluding carboxylic acids is 2. The molecule has 1 fully saturated rings. The van der Waals surface area contributed by atoms with Crippen LogP contribution in [0.25, 0.3) is 0 Å². The number of rotatable bonds is 4. The van der Waals surface area contributed by atoms with E-state index in [2.05, 4.69) is 10.6 Å². The molecule has 0 atom stereocenters. The van der Waals surface area contributed by atoms with Gasteiger partial charge in [0, 0.05) is 19.6 Å². The summed E-state index contributed by atoms with van der Waals surface area (Å²) in [5.74, 6) is -0.874. The van der Waals surface area contributed by atoms with Crippen molar-refractivity contribution in [2.45, 2.75) is 19.0 Å². The molecule has 0 bridgehead atoms. The van der Waals surface area contributed by atoms with Crippen molar-refractivity contribution in [3.8, 4) is 0 Å². The van der Waals surface area contributed by atoms with Gasteiger partial charge < -0.3 is 15.5 Å². The summed E-state index contributed by atoms with van der Waals surface area (Å²) in [6.07, 6.45) is -3.37. The average molecular weight is 423 g/mol. The lowest BCUT2D eigenvalue weighted by Crippen LogP contribution is -2.42. The van der Waals surface area contributed by atoms with E-state index < -0.39 is 23.6 Å². The van der Waals surface area contributed by atoms with E-state index in [1.165, 1.54) is 36.4 Å². The molecule has 0 aromatic heterocycles. The van der Waals surface area contributed by atoms with Crippen LogP contribution in [0.4, 0.5) is 28.0 Å². The molecule has 0 spiro atoms. The van der Waals surface area contributed by atoms with Gasteiger partial charge in [-0.15, -0.1) is 0 Å². The highest BCUT2D eigenvalue weighted by Crippen LogP contribution is 2.34. The molecule has 0 saturated carbocycles. The molecule has 3 amide bonds. The van der Waals surface area contributed by atoms with E-state index in [9.17, 15) is 27.2 Å². The summed E-state index contributed by atoms with van der Waals surface area (Å²) in [4.78, 5) is 26.0. The highest BCUT2D eigenvalue weighted by atomic mass is 19.4. The molecule has 2 N–H and O–H groups in total. The first-order chi connectivity index (χ1) is 14.3. The maximum Gasteiger partial charge on any atom is 0.418 e. The summed E-state index contributed by atoms with van der Waals surface area (Å²) in [5.41, 5.74) is -1.20. The van der Waals surface area contributed by atoms with Crippen LogP contribution >= 0.6 is 0 Å². The van der Waals surface area contributed by atoms with Gasteiger partial charge in [0.15, 0.2) is 0 Å². The number of anilines is 1. The Bertz CT molecular complexity index is 909. The average Bonchev–Trinajstić information content (AvgIpc) is 2.72. The summed E-state index contributed by atoms with van der Waals surface area (Å²) in [7, 11) is 0. The lowest BCUT2D eigenvalue weighted by Gasteiger charge is -2.32. The largest absolute Gasteiger partial charge is 0.418 e. The Hall–Kier alpha value is -3.10.